The monoisotopic (exact) mass is 226 g/mol. The Labute approximate surface area is 94.5 Å². The van der Waals surface area contributed by atoms with Gasteiger partial charge in [0, 0.05) is 6.07 Å². The van der Waals surface area contributed by atoms with Gasteiger partial charge < -0.3 is 15.8 Å². The topological polar surface area (TPSA) is 93.0 Å². The highest BCUT2D eigenvalue weighted by atomic mass is 16.6. The Morgan fingerprint density at radius 3 is 2.69 bits per heavy atom. The third-order valence-electron chi connectivity index (χ3n) is 1.82. The van der Waals surface area contributed by atoms with E-state index in [4.69, 9.17) is 10.5 Å². The van der Waals surface area contributed by atoms with E-state index < -0.39 is 11.7 Å². The minimum Gasteiger partial charge on any atom is -0.444 e. The van der Waals surface area contributed by atoms with Crippen molar-refractivity contribution in [3.63, 3.8) is 0 Å². The fourth-order valence-electron chi connectivity index (χ4n) is 1.14. The van der Waals surface area contributed by atoms with Crippen molar-refractivity contribution in [3.8, 4) is 0 Å². The number of hydrogen-bond donors (Lipinski definition) is 3. The number of nitrogen functional groups attached to an aromatic ring is 1. The molecule has 0 aliphatic carbocycles. The van der Waals surface area contributed by atoms with E-state index in [2.05, 4.69) is 15.5 Å². The van der Waals surface area contributed by atoms with Crippen molar-refractivity contribution in [3.05, 3.63) is 11.8 Å². The van der Waals surface area contributed by atoms with Gasteiger partial charge in [-0.15, -0.1) is 0 Å². The quantitative estimate of drug-likeness (QED) is 0.713. The van der Waals surface area contributed by atoms with Crippen molar-refractivity contribution < 1.29 is 9.53 Å². The summed E-state index contributed by atoms with van der Waals surface area (Å²) >= 11 is 0. The SMILES string of the molecule is C[C@H](NC(=O)OC(C)(C)C)c1cc(N)n[nH]1. The number of nitrogens with two attached hydrogens (primary N) is 1. The molecule has 4 N–H and O–H groups in total. The Bertz CT molecular complexity index is 367. The molecule has 0 spiro atoms. The molecule has 0 bridgehead atoms. The summed E-state index contributed by atoms with van der Waals surface area (Å²) in [5.41, 5.74) is 5.70. The van der Waals surface area contributed by atoms with Gasteiger partial charge in [0.25, 0.3) is 0 Å². The summed E-state index contributed by atoms with van der Waals surface area (Å²) in [4.78, 5) is 11.5. The molecular weight excluding hydrogens is 208 g/mol. The molecule has 6 nitrogen and oxygen atoms in total. The van der Waals surface area contributed by atoms with E-state index in [-0.39, 0.29) is 6.04 Å². The number of nitrogens with zero attached hydrogens (tertiary/aromatic N) is 1. The van der Waals surface area contributed by atoms with Gasteiger partial charge in [-0.05, 0) is 27.7 Å². The minimum atomic E-state index is -0.503. The van der Waals surface area contributed by atoms with Gasteiger partial charge in [-0.2, -0.15) is 5.10 Å². The van der Waals surface area contributed by atoms with Gasteiger partial charge in [0.05, 0.1) is 11.7 Å². The second-order valence-corrected chi connectivity index (χ2v) is 4.62. The Kier molecular flexibility index (Phi) is 3.41. The lowest BCUT2D eigenvalue weighted by Crippen LogP contribution is -2.34. The third-order valence-corrected chi connectivity index (χ3v) is 1.82. The summed E-state index contributed by atoms with van der Waals surface area (Å²) < 4.78 is 5.12. The number of rotatable bonds is 2. The van der Waals surface area contributed by atoms with Crippen LogP contribution in [0.25, 0.3) is 0 Å². The third kappa shape index (κ3) is 3.80. The van der Waals surface area contributed by atoms with Crippen molar-refractivity contribution in [2.24, 2.45) is 0 Å². The first-order chi connectivity index (χ1) is 7.28. The van der Waals surface area contributed by atoms with E-state index in [1.165, 1.54) is 0 Å². The highest BCUT2D eigenvalue weighted by Gasteiger charge is 2.18. The number of nitrogens with one attached hydrogen (secondary N) is 2. The number of carbonyl (C=O) groups is 1. The highest BCUT2D eigenvalue weighted by molar-refractivity contribution is 5.68. The summed E-state index contributed by atoms with van der Waals surface area (Å²) in [6, 6.07) is 1.45. The molecule has 0 aromatic carbocycles. The van der Waals surface area contributed by atoms with Gasteiger partial charge in [-0.1, -0.05) is 0 Å². The van der Waals surface area contributed by atoms with Crippen molar-refractivity contribution in [2.45, 2.75) is 39.3 Å². The minimum absolute atomic E-state index is 0.223. The molecule has 0 unspecified atom stereocenters. The van der Waals surface area contributed by atoms with Gasteiger partial charge >= 0.3 is 6.09 Å². The lowest BCUT2D eigenvalue weighted by Gasteiger charge is -2.21. The predicted molar refractivity (Wildman–Crippen MR) is 60.8 cm³/mol. The predicted octanol–water partition coefficient (Wildman–Crippen LogP) is 1.58. The smallest absolute Gasteiger partial charge is 0.408 e. The molecule has 16 heavy (non-hydrogen) atoms. The van der Waals surface area contributed by atoms with E-state index in [1.807, 2.05) is 27.7 Å². The Morgan fingerprint density at radius 1 is 1.62 bits per heavy atom. The van der Waals surface area contributed by atoms with Gasteiger partial charge in [0.15, 0.2) is 0 Å². The number of ether oxygens (including phenoxy) is 1. The van der Waals surface area contributed by atoms with Crippen LogP contribution in [0.5, 0.6) is 0 Å². The molecule has 1 aromatic heterocycles. The van der Waals surface area contributed by atoms with Gasteiger partial charge in [-0.3, -0.25) is 5.10 Å². The first-order valence-electron chi connectivity index (χ1n) is 5.08. The van der Waals surface area contributed by atoms with E-state index in [0.29, 0.717) is 5.82 Å². The average molecular weight is 226 g/mol. The van der Waals surface area contributed by atoms with Crippen LogP contribution in [-0.4, -0.2) is 21.9 Å². The summed E-state index contributed by atoms with van der Waals surface area (Å²) in [6.07, 6.45) is -0.465. The summed E-state index contributed by atoms with van der Waals surface area (Å²) in [7, 11) is 0. The average Bonchev–Trinajstić information content (AvgIpc) is 2.47. The first-order valence-corrected chi connectivity index (χ1v) is 5.08. The Balaban J connectivity index is 2.52. The van der Waals surface area contributed by atoms with E-state index >= 15 is 0 Å². The normalized spacial score (nSPS) is 13.2. The van der Waals surface area contributed by atoms with Crippen LogP contribution in [0.4, 0.5) is 10.6 Å². The molecule has 1 rings (SSSR count). The van der Waals surface area contributed by atoms with Crippen LogP contribution in [0, 0.1) is 0 Å². The molecule has 0 radical (unpaired) electrons. The maximum Gasteiger partial charge on any atom is 0.408 e. The van der Waals surface area contributed by atoms with E-state index in [1.54, 1.807) is 6.07 Å². The van der Waals surface area contributed by atoms with E-state index in [0.717, 1.165) is 5.69 Å². The Hall–Kier alpha value is -1.72. The number of anilines is 1. The van der Waals surface area contributed by atoms with E-state index in [9.17, 15) is 4.79 Å². The highest BCUT2D eigenvalue weighted by Crippen LogP contribution is 2.13. The summed E-state index contributed by atoms with van der Waals surface area (Å²) in [6.45, 7) is 7.25. The number of alkyl carbamates (subject to hydrolysis) is 1. The molecule has 1 aromatic rings. The van der Waals surface area contributed by atoms with Crippen LogP contribution >= 0.6 is 0 Å². The van der Waals surface area contributed by atoms with Crippen LogP contribution in [0.2, 0.25) is 0 Å². The second-order valence-electron chi connectivity index (χ2n) is 4.62. The van der Waals surface area contributed by atoms with Crippen LogP contribution in [0.15, 0.2) is 6.07 Å². The number of hydrogen-bond acceptors (Lipinski definition) is 4. The van der Waals surface area contributed by atoms with Crippen molar-refractivity contribution >= 4 is 11.9 Å². The maximum atomic E-state index is 11.5. The molecule has 1 amide bonds. The zero-order valence-electron chi connectivity index (χ0n) is 10.00. The maximum absolute atomic E-state index is 11.5. The zero-order valence-corrected chi connectivity index (χ0v) is 10.00. The standard InChI is InChI=1S/C10H18N4O2/c1-6(7-5-8(11)14-13-7)12-9(15)16-10(2,3)4/h5-6H,1-4H3,(H,12,15)(H3,11,13,14)/t6-/m0/s1. The van der Waals surface area contributed by atoms with Gasteiger partial charge in [0.2, 0.25) is 0 Å². The van der Waals surface area contributed by atoms with Gasteiger partial charge in [-0.25, -0.2) is 4.79 Å². The molecule has 0 saturated carbocycles. The molecule has 0 saturated heterocycles. The molecule has 90 valence electrons. The van der Waals surface area contributed by atoms with Crippen molar-refractivity contribution in [1.29, 1.82) is 0 Å². The number of aromatic amines is 1. The summed E-state index contributed by atoms with van der Waals surface area (Å²) in [5, 5.41) is 9.19. The zero-order chi connectivity index (χ0) is 12.3. The molecule has 6 heteroatoms. The van der Waals surface area contributed by atoms with Crippen molar-refractivity contribution in [2.75, 3.05) is 5.73 Å². The first kappa shape index (κ1) is 12.4. The van der Waals surface area contributed by atoms with Crippen LogP contribution in [-0.2, 0) is 4.74 Å². The van der Waals surface area contributed by atoms with Crippen LogP contribution in [0.1, 0.15) is 39.4 Å². The number of H-pyrrole nitrogens is 1. The fraction of sp³-hybridized carbons (Fsp3) is 0.600. The molecule has 1 atom stereocenters. The molecule has 0 aliphatic heterocycles. The van der Waals surface area contributed by atoms with Crippen LogP contribution in [0.3, 0.4) is 0 Å². The second kappa shape index (κ2) is 4.42. The number of aromatic nitrogens is 2. The van der Waals surface area contributed by atoms with Gasteiger partial charge in [0.1, 0.15) is 11.4 Å². The number of amides is 1. The van der Waals surface area contributed by atoms with Crippen molar-refractivity contribution in [1.82, 2.24) is 15.5 Å². The largest absolute Gasteiger partial charge is 0.444 e. The molecule has 0 aliphatic rings. The molecule has 0 fully saturated rings. The number of carbonyl (C=O) groups excluding carboxylic acids is 1. The fourth-order valence-corrected chi connectivity index (χ4v) is 1.14. The lowest BCUT2D eigenvalue weighted by molar-refractivity contribution is 0.0507. The summed E-state index contributed by atoms with van der Waals surface area (Å²) in [5.74, 6) is 0.396. The lowest BCUT2D eigenvalue weighted by atomic mass is 10.2. The Morgan fingerprint density at radius 2 is 2.25 bits per heavy atom. The molecular formula is C10H18N4O2. The molecule has 1 heterocycles. The van der Waals surface area contributed by atoms with Crippen LogP contribution < -0.4 is 11.1 Å².